The van der Waals surface area contributed by atoms with Crippen LogP contribution in [0.25, 0.3) is 0 Å². The van der Waals surface area contributed by atoms with E-state index in [0.717, 1.165) is 19.3 Å². The number of hydrogen-bond acceptors (Lipinski definition) is 4. The highest BCUT2D eigenvalue weighted by atomic mass is 35.5. The number of aliphatic hydroxyl groups excluding tert-OH is 1. The van der Waals surface area contributed by atoms with E-state index in [9.17, 15) is 9.90 Å². The first kappa shape index (κ1) is 14.1. The van der Waals surface area contributed by atoms with Crippen molar-refractivity contribution >= 4 is 23.2 Å². The summed E-state index contributed by atoms with van der Waals surface area (Å²) in [4.78, 5) is 15.9. The van der Waals surface area contributed by atoms with Crippen LogP contribution in [-0.2, 0) is 0 Å². The lowest BCUT2D eigenvalue weighted by atomic mass is 9.97. The normalized spacial score (nSPS) is 22.4. The number of nitrogen functional groups attached to an aromatic ring is 1. The van der Waals surface area contributed by atoms with Crippen LogP contribution in [0.15, 0.2) is 12.3 Å². The van der Waals surface area contributed by atoms with Gasteiger partial charge in [-0.3, -0.25) is 4.79 Å². The second kappa shape index (κ2) is 6.21. The number of anilines is 1. The summed E-state index contributed by atoms with van der Waals surface area (Å²) in [6, 6.07) is 1.52. The van der Waals surface area contributed by atoms with Gasteiger partial charge in [0.2, 0.25) is 0 Å². The number of carbonyl (C=O) groups excluding carboxylic acids is 1. The quantitative estimate of drug-likeness (QED) is 0.730. The fourth-order valence-corrected chi connectivity index (χ4v) is 2.75. The minimum atomic E-state index is -0.270. The number of aliphatic hydroxyl groups is 1. The number of carbonyl (C=O) groups is 1. The van der Waals surface area contributed by atoms with E-state index in [4.69, 9.17) is 17.3 Å². The summed E-state index contributed by atoms with van der Waals surface area (Å²) < 4.78 is 0. The van der Waals surface area contributed by atoms with Gasteiger partial charge < -0.3 is 16.2 Å². The second-order valence-electron chi connectivity index (χ2n) is 4.95. The molecule has 1 heterocycles. The third kappa shape index (κ3) is 3.36. The van der Waals surface area contributed by atoms with E-state index in [2.05, 4.69) is 10.3 Å². The van der Waals surface area contributed by atoms with Gasteiger partial charge in [0, 0.05) is 13.2 Å². The van der Waals surface area contributed by atoms with E-state index in [0.29, 0.717) is 23.7 Å². The molecule has 1 aliphatic carbocycles. The Hall–Kier alpha value is -1.33. The van der Waals surface area contributed by atoms with Crippen molar-refractivity contribution in [2.24, 2.45) is 11.8 Å². The number of nitrogens with two attached hydrogens (primary N) is 1. The second-order valence-corrected chi connectivity index (χ2v) is 5.31. The first-order valence-corrected chi connectivity index (χ1v) is 6.79. The van der Waals surface area contributed by atoms with Gasteiger partial charge >= 0.3 is 0 Å². The molecule has 1 fully saturated rings. The van der Waals surface area contributed by atoms with Crippen LogP contribution in [0, 0.1) is 11.8 Å². The van der Waals surface area contributed by atoms with Gasteiger partial charge in [0.25, 0.3) is 5.91 Å². The Labute approximate surface area is 117 Å². The van der Waals surface area contributed by atoms with Crippen molar-refractivity contribution in [3.05, 3.63) is 23.0 Å². The fourth-order valence-electron chi connectivity index (χ4n) is 2.57. The van der Waals surface area contributed by atoms with E-state index < -0.39 is 0 Å². The molecule has 6 heteroatoms. The van der Waals surface area contributed by atoms with Gasteiger partial charge in [-0.15, -0.1) is 0 Å². The van der Waals surface area contributed by atoms with Gasteiger partial charge in [0.1, 0.15) is 5.15 Å². The van der Waals surface area contributed by atoms with Crippen LogP contribution in [0.3, 0.4) is 0 Å². The van der Waals surface area contributed by atoms with Crippen LogP contribution in [0.4, 0.5) is 5.69 Å². The van der Waals surface area contributed by atoms with Gasteiger partial charge in [-0.05, 0) is 30.7 Å². The average Bonchev–Trinajstić information content (AvgIpc) is 2.86. The Bertz CT molecular complexity index is 467. The van der Waals surface area contributed by atoms with Gasteiger partial charge in [0.05, 0.1) is 17.4 Å². The number of nitrogens with one attached hydrogen (secondary N) is 1. The van der Waals surface area contributed by atoms with E-state index in [1.54, 1.807) is 0 Å². The average molecular weight is 284 g/mol. The maximum atomic E-state index is 12.0. The maximum Gasteiger partial charge on any atom is 0.254 e. The summed E-state index contributed by atoms with van der Waals surface area (Å²) in [5.74, 6) is 0.352. The topological polar surface area (TPSA) is 88.2 Å². The standard InChI is InChI=1S/C13H18ClN3O2/c14-12-11(4-10(15)6-16-12)13(19)17-5-8-2-1-3-9(8)7-18/h4,6,8-9,18H,1-3,5,7,15H2,(H,17,19). The van der Waals surface area contributed by atoms with Crippen LogP contribution in [-0.4, -0.2) is 29.1 Å². The van der Waals surface area contributed by atoms with Gasteiger partial charge in [-0.25, -0.2) is 4.98 Å². The van der Waals surface area contributed by atoms with Crippen molar-refractivity contribution in [3.63, 3.8) is 0 Å². The SMILES string of the molecule is Nc1cnc(Cl)c(C(=O)NCC2CCCC2CO)c1. The molecule has 2 unspecified atom stereocenters. The molecule has 1 aromatic heterocycles. The van der Waals surface area contributed by atoms with Crippen LogP contribution in [0.1, 0.15) is 29.6 Å². The maximum absolute atomic E-state index is 12.0. The predicted octanol–water partition coefficient (Wildman–Crippen LogP) is 1.46. The minimum Gasteiger partial charge on any atom is -0.397 e. The number of aromatic nitrogens is 1. The first-order valence-electron chi connectivity index (χ1n) is 6.42. The monoisotopic (exact) mass is 283 g/mol. The molecule has 4 N–H and O–H groups in total. The Morgan fingerprint density at radius 1 is 1.53 bits per heavy atom. The zero-order valence-corrected chi connectivity index (χ0v) is 11.4. The lowest BCUT2D eigenvalue weighted by molar-refractivity contribution is 0.0937. The molecule has 104 valence electrons. The van der Waals surface area contributed by atoms with Crippen molar-refractivity contribution in [2.45, 2.75) is 19.3 Å². The molecule has 19 heavy (non-hydrogen) atoms. The highest BCUT2D eigenvalue weighted by molar-refractivity contribution is 6.32. The smallest absolute Gasteiger partial charge is 0.254 e. The highest BCUT2D eigenvalue weighted by Crippen LogP contribution is 2.30. The number of hydrogen-bond donors (Lipinski definition) is 3. The molecule has 1 amide bonds. The number of halogens is 1. The van der Waals surface area contributed by atoms with Crippen LogP contribution in [0.5, 0.6) is 0 Å². The predicted molar refractivity (Wildman–Crippen MR) is 73.9 cm³/mol. The van der Waals surface area contributed by atoms with Crippen molar-refractivity contribution in [3.8, 4) is 0 Å². The molecule has 2 rings (SSSR count). The van der Waals surface area contributed by atoms with Crippen LogP contribution in [0.2, 0.25) is 5.15 Å². The zero-order valence-electron chi connectivity index (χ0n) is 10.6. The molecule has 1 saturated carbocycles. The van der Waals surface area contributed by atoms with Gasteiger partial charge in [-0.1, -0.05) is 18.0 Å². The van der Waals surface area contributed by atoms with E-state index >= 15 is 0 Å². The van der Waals surface area contributed by atoms with Gasteiger partial charge in [0.15, 0.2) is 0 Å². The van der Waals surface area contributed by atoms with E-state index in [1.807, 2.05) is 0 Å². The highest BCUT2D eigenvalue weighted by Gasteiger charge is 2.27. The molecule has 0 aromatic carbocycles. The largest absolute Gasteiger partial charge is 0.397 e. The summed E-state index contributed by atoms with van der Waals surface area (Å²) in [7, 11) is 0. The third-order valence-electron chi connectivity index (χ3n) is 3.68. The van der Waals surface area contributed by atoms with Crippen molar-refractivity contribution in [1.82, 2.24) is 10.3 Å². The molecular formula is C13H18ClN3O2. The Morgan fingerprint density at radius 3 is 3.00 bits per heavy atom. The lowest BCUT2D eigenvalue weighted by Gasteiger charge is -2.17. The molecule has 0 saturated heterocycles. The third-order valence-corrected chi connectivity index (χ3v) is 3.98. The van der Waals surface area contributed by atoms with Crippen molar-refractivity contribution in [1.29, 1.82) is 0 Å². The Kier molecular flexibility index (Phi) is 4.61. The summed E-state index contributed by atoms with van der Waals surface area (Å²) in [5.41, 5.74) is 6.29. The number of pyridine rings is 1. The number of rotatable bonds is 4. The first-order chi connectivity index (χ1) is 9.11. The molecule has 0 radical (unpaired) electrons. The number of nitrogens with zero attached hydrogens (tertiary/aromatic N) is 1. The van der Waals surface area contributed by atoms with Crippen molar-refractivity contribution in [2.75, 3.05) is 18.9 Å². The molecule has 0 spiro atoms. The molecule has 0 bridgehead atoms. The molecule has 2 atom stereocenters. The van der Waals surface area contributed by atoms with Crippen LogP contribution < -0.4 is 11.1 Å². The molecule has 0 aliphatic heterocycles. The minimum absolute atomic E-state index is 0.150. The zero-order chi connectivity index (χ0) is 13.8. The van der Waals surface area contributed by atoms with Crippen molar-refractivity contribution < 1.29 is 9.90 Å². The number of amides is 1. The summed E-state index contributed by atoms with van der Waals surface area (Å²) in [6.45, 7) is 0.732. The summed E-state index contributed by atoms with van der Waals surface area (Å²) in [5, 5.41) is 12.2. The summed E-state index contributed by atoms with van der Waals surface area (Å²) in [6.07, 6.45) is 4.58. The molecular weight excluding hydrogens is 266 g/mol. The Balaban J connectivity index is 1.96. The molecule has 1 aliphatic rings. The molecule has 1 aromatic rings. The van der Waals surface area contributed by atoms with E-state index in [1.165, 1.54) is 12.3 Å². The Morgan fingerprint density at radius 2 is 2.26 bits per heavy atom. The lowest BCUT2D eigenvalue weighted by Crippen LogP contribution is -2.32. The summed E-state index contributed by atoms with van der Waals surface area (Å²) >= 11 is 5.87. The molecule has 5 nitrogen and oxygen atoms in total. The fraction of sp³-hybridized carbons (Fsp3) is 0.538. The van der Waals surface area contributed by atoms with Gasteiger partial charge in [-0.2, -0.15) is 0 Å². The van der Waals surface area contributed by atoms with Crippen LogP contribution >= 0.6 is 11.6 Å². The van der Waals surface area contributed by atoms with E-state index in [-0.39, 0.29) is 23.6 Å².